The minimum atomic E-state index is 0.116. The summed E-state index contributed by atoms with van der Waals surface area (Å²) in [5.74, 6) is 1.60. The van der Waals surface area contributed by atoms with Crippen LogP contribution >= 0.6 is 15.9 Å². The zero-order valence-corrected chi connectivity index (χ0v) is 14.4. The predicted molar refractivity (Wildman–Crippen MR) is 89.7 cm³/mol. The maximum absolute atomic E-state index is 6.37. The summed E-state index contributed by atoms with van der Waals surface area (Å²) in [5, 5.41) is 0. The first-order valence-electron chi connectivity index (χ1n) is 7.73. The number of hydrogen-bond acceptors (Lipinski definition) is 2. The highest BCUT2D eigenvalue weighted by Crippen LogP contribution is 2.29. The molecule has 0 radical (unpaired) electrons. The van der Waals surface area contributed by atoms with E-state index in [0.29, 0.717) is 6.04 Å². The van der Waals surface area contributed by atoms with Gasteiger partial charge in [-0.1, -0.05) is 48.0 Å². The van der Waals surface area contributed by atoms with Crippen LogP contribution in [0.5, 0.6) is 0 Å². The van der Waals surface area contributed by atoms with Crippen molar-refractivity contribution in [1.29, 1.82) is 0 Å². The quantitative estimate of drug-likeness (QED) is 0.891. The normalized spacial score (nSPS) is 29.4. The number of benzene rings is 1. The van der Waals surface area contributed by atoms with Gasteiger partial charge in [0.15, 0.2) is 0 Å². The fourth-order valence-corrected chi connectivity index (χ4v) is 3.94. The van der Waals surface area contributed by atoms with Gasteiger partial charge in [-0.2, -0.15) is 0 Å². The molecular weight excluding hydrogens is 312 g/mol. The SMILES string of the molecule is CC1CC(C)C(C)N(CCC(N)c2ccccc2Br)C1. The van der Waals surface area contributed by atoms with Crippen molar-refractivity contribution < 1.29 is 0 Å². The van der Waals surface area contributed by atoms with Crippen LogP contribution in [-0.4, -0.2) is 24.0 Å². The number of nitrogens with two attached hydrogens (primary N) is 1. The third-order valence-electron chi connectivity index (χ3n) is 4.75. The summed E-state index contributed by atoms with van der Waals surface area (Å²) in [4.78, 5) is 2.62. The Morgan fingerprint density at radius 2 is 2.00 bits per heavy atom. The van der Waals surface area contributed by atoms with E-state index >= 15 is 0 Å². The Bertz CT molecular complexity index is 435. The molecule has 0 bridgehead atoms. The molecule has 1 saturated heterocycles. The third kappa shape index (κ3) is 3.84. The van der Waals surface area contributed by atoms with Crippen LogP contribution in [0.25, 0.3) is 0 Å². The summed E-state index contributed by atoms with van der Waals surface area (Å²) < 4.78 is 1.13. The second-order valence-corrected chi connectivity index (χ2v) is 7.32. The standard InChI is InChI=1S/C17H27BrN2/c1-12-10-13(2)14(3)20(11-12)9-8-17(19)15-6-4-5-7-16(15)18/h4-7,12-14,17H,8-11,19H2,1-3H3. The van der Waals surface area contributed by atoms with Gasteiger partial charge in [0.25, 0.3) is 0 Å². The maximum atomic E-state index is 6.37. The van der Waals surface area contributed by atoms with Crippen molar-refractivity contribution in [2.75, 3.05) is 13.1 Å². The predicted octanol–water partition coefficient (Wildman–Crippen LogP) is 4.21. The average Bonchev–Trinajstić information content (AvgIpc) is 2.41. The molecule has 1 aliphatic heterocycles. The number of likely N-dealkylation sites (tertiary alicyclic amines) is 1. The Morgan fingerprint density at radius 3 is 2.70 bits per heavy atom. The van der Waals surface area contributed by atoms with Gasteiger partial charge < -0.3 is 10.6 Å². The van der Waals surface area contributed by atoms with Crippen molar-refractivity contribution in [1.82, 2.24) is 4.90 Å². The van der Waals surface area contributed by atoms with E-state index in [1.165, 1.54) is 18.5 Å². The van der Waals surface area contributed by atoms with E-state index in [0.717, 1.165) is 29.3 Å². The number of nitrogens with zero attached hydrogens (tertiary/aromatic N) is 1. The first-order valence-corrected chi connectivity index (χ1v) is 8.52. The zero-order chi connectivity index (χ0) is 14.7. The summed E-state index contributed by atoms with van der Waals surface area (Å²) in [6, 6.07) is 9.09. The largest absolute Gasteiger partial charge is 0.324 e. The van der Waals surface area contributed by atoms with Gasteiger partial charge in [-0.25, -0.2) is 0 Å². The lowest BCUT2D eigenvalue weighted by Gasteiger charge is -2.41. The molecule has 1 aromatic rings. The fraction of sp³-hybridized carbons (Fsp3) is 0.647. The Balaban J connectivity index is 1.93. The fourth-order valence-electron chi connectivity index (χ4n) is 3.36. The van der Waals surface area contributed by atoms with E-state index in [9.17, 15) is 0 Å². The molecular formula is C17H27BrN2. The first kappa shape index (κ1) is 16.0. The number of rotatable bonds is 4. The van der Waals surface area contributed by atoms with Gasteiger partial charge in [0, 0.05) is 29.6 Å². The van der Waals surface area contributed by atoms with Gasteiger partial charge in [0.2, 0.25) is 0 Å². The van der Waals surface area contributed by atoms with E-state index in [1.54, 1.807) is 0 Å². The number of piperidine rings is 1. The lowest BCUT2D eigenvalue weighted by atomic mass is 9.85. The molecule has 1 heterocycles. The molecule has 4 unspecified atom stereocenters. The number of hydrogen-bond donors (Lipinski definition) is 1. The molecule has 0 saturated carbocycles. The molecule has 0 amide bonds. The summed E-state index contributed by atoms with van der Waals surface area (Å²) in [6.07, 6.45) is 2.38. The van der Waals surface area contributed by atoms with Crippen molar-refractivity contribution in [3.63, 3.8) is 0 Å². The molecule has 4 atom stereocenters. The molecule has 20 heavy (non-hydrogen) atoms. The Labute approximate surface area is 131 Å². The van der Waals surface area contributed by atoms with Crippen molar-refractivity contribution in [3.05, 3.63) is 34.3 Å². The molecule has 1 aromatic carbocycles. The highest BCUT2D eigenvalue weighted by atomic mass is 79.9. The second-order valence-electron chi connectivity index (χ2n) is 6.47. The smallest absolute Gasteiger partial charge is 0.0318 e. The Kier molecular flexibility index (Phi) is 5.65. The van der Waals surface area contributed by atoms with Crippen LogP contribution in [0.3, 0.4) is 0 Å². The minimum Gasteiger partial charge on any atom is -0.324 e. The van der Waals surface area contributed by atoms with Crippen molar-refractivity contribution >= 4 is 15.9 Å². The van der Waals surface area contributed by atoms with Gasteiger partial charge in [-0.3, -0.25) is 0 Å². The summed E-state index contributed by atoms with van der Waals surface area (Å²) in [5.41, 5.74) is 7.59. The molecule has 1 fully saturated rings. The molecule has 1 aliphatic rings. The van der Waals surface area contributed by atoms with E-state index in [1.807, 2.05) is 6.07 Å². The van der Waals surface area contributed by atoms with E-state index in [-0.39, 0.29) is 6.04 Å². The van der Waals surface area contributed by atoms with Crippen LogP contribution in [0.15, 0.2) is 28.7 Å². The summed E-state index contributed by atoms with van der Waals surface area (Å²) in [6.45, 7) is 9.41. The average molecular weight is 339 g/mol. The van der Waals surface area contributed by atoms with Gasteiger partial charge in [0.1, 0.15) is 0 Å². The van der Waals surface area contributed by atoms with Gasteiger partial charge in [0.05, 0.1) is 0 Å². The summed E-state index contributed by atoms with van der Waals surface area (Å²) in [7, 11) is 0. The second kappa shape index (κ2) is 7.06. The van der Waals surface area contributed by atoms with Crippen LogP contribution in [-0.2, 0) is 0 Å². The van der Waals surface area contributed by atoms with Gasteiger partial charge >= 0.3 is 0 Å². The first-order chi connectivity index (χ1) is 9.49. The number of halogens is 1. The Hall–Kier alpha value is -0.380. The van der Waals surface area contributed by atoms with Crippen molar-refractivity contribution in [2.45, 2.75) is 45.7 Å². The van der Waals surface area contributed by atoms with Crippen LogP contribution in [0.2, 0.25) is 0 Å². The van der Waals surface area contributed by atoms with Crippen LogP contribution in [0, 0.1) is 11.8 Å². The molecule has 112 valence electrons. The maximum Gasteiger partial charge on any atom is 0.0318 e. The minimum absolute atomic E-state index is 0.116. The lowest BCUT2D eigenvalue weighted by Crippen LogP contribution is -2.46. The van der Waals surface area contributed by atoms with Gasteiger partial charge in [-0.15, -0.1) is 0 Å². The van der Waals surface area contributed by atoms with Crippen LogP contribution < -0.4 is 5.73 Å². The molecule has 0 aliphatic carbocycles. The molecule has 2 N–H and O–H groups in total. The highest BCUT2D eigenvalue weighted by Gasteiger charge is 2.28. The molecule has 0 aromatic heterocycles. The van der Waals surface area contributed by atoms with E-state index in [2.05, 4.69) is 59.8 Å². The van der Waals surface area contributed by atoms with Crippen LogP contribution in [0.1, 0.15) is 45.2 Å². The van der Waals surface area contributed by atoms with Crippen LogP contribution in [0.4, 0.5) is 0 Å². The van der Waals surface area contributed by atoms with E-state index in [4.69, 9.17) is 5.73 Å². The molecule has 0 spiro atoms. The van der Waals surface area contributed by atoms with Crippen molar-refractivity contribution in [3.8, 4) is 0 Å². The zero-order valence-electron chi connectivity index (χ0n) is 12.8. The monoisotopic (exact) mass is 338 g/mol. The topological polar surface area (TPSA) is 29.3 Å². The van der Waals surface area contributed by atoms with E-state index < -0.39 is 0 Å². The highest BCUT2D eigenvalue weighted by molar-refractivity contribution is 9.10. The Morgan fingerprint density at radius 1 is 1.30 bits per heavy atom. The summed E-state index contributed by atoms with van der Waals surface area (Å²) >= 11 is 3.60. The molecule has 3 heteroatoms. The van der Waals surface area contributed by atoms with Gasteiger partial charge in [-0.05, 0) is 43.2 Å². The molecule has 2 rings (SSSR count). The molecule has 2 nitrogen and oxygen atoms in total. The van der Waals surface area contributed by atoms with Crippen molar-refractivity contribution in [2.24, 2.45) is 17.6 Å². The third-order valence-corrected chi connectivity index (χ3v) is 5.47. The lowest BCUT2D eigenvalue weighted by molar-refractivity contribution is 0.0769.